The molecule has 144 valence electrons. The van der Waals surface area contributed by atoms with Crippen LogP contribution in [0.15, 0.2) is 54.7 Å². The molecule has 7 nitrogen and oxygen atoms in total. The number of para-hydroxylation sites is 1. The van der Waals surface area contributed by atoms with Crippen LogP contribution >= 0.6 is 11.6 Å². The molecule has 1 aliphatic heterocycles. The summed E-state index contributed by atoms with van der Waals surface area (Å²) in [5.41, 5.74) is 2.91. The lowest BCUT2D eigenvalue weighted by Gasteiger charge is -2.34. The number of hydrogen-bond acceptors (Lipinski definition) is 7. The predicted molar refractivity (Wildman–Crippen MR) is 114 cm³/mol. The third-order valence-electron chi connectivity index (χ3n) is 4.69. The summed E-state index contributed by atoms with van der Waals surface area (Å²) in [6, 6.07) is 15.8. The van der Waals surface area contributed by atoms with Crippen LogP contribution in [0.1, 0.15) is 0 Å². The quantitative estimate of drug-likeness (QED) is 0.681. The zero-order valence-corrected chi connectivity index (χ0v) is 16.4. The number of piperazine rings is 1. The first kappa shape index (κ1) is 18.5. The topological polar surface area (TPSA) is 69.2 Å². The lowest BCUT2D eigenvalue weighted by atomic mass is 10.2. The van der Waals surface area contributed by atoms with Crippen LogP contribution in [0.4, 0.5) is 28.8 Å². The Bertz CT molecular complexity index is 924. The van der Waals surface area contributed by atoms with Gasteiger partial charge in [-0.3, -0.25) is 0 Å². The second-order valence-electron chi connectivity index (χ2n) is 6.73. The zero-order valence-electron chi connectivity index (χ0n) is 15.6. The summed E-state index contributed by atoms with van der Waals surface area (Å²) in [7, 11) is 2.16. The molecule has 0 saturated carbocycles. The number of benzene rings is 2. The SMILES string of the molecule is CN1CCN(c2ccc(Nc3nncc(Nc4ccccc4Cl)n3)cc2)CC1. The van der Waals surface area contributed by atoms with Gasteiger partial charge in [0.05, 0.1) is 16.9 Å². The summed E-state index contributed by atoms with van der Waals surface area (Å²) in [6.07, 6.45) is 1.56. The summed E-state index contributed by atoms with van der Waals surface area (Å²) >= 11 is 6.18. The lowest BCUT2D eigenvalue weighted by Crippen LogP contribution is -2.44. The minimum Gasteiger partial charge on any atom is -0.369 e. The number of rotatable bonds is 5. The summed E-state index contributed by atoms with van der Waals surface area (Å²) in [6.45, 7) is 4.27. The van der Waals surface area contributed by atoms with E-state index in [0.717, 1.165) is 37.6 Å². The zero-order chi connectivity index (χ0) is 19.3. The maximum atomic E-state index is 6.18. The van der Waals surface area contributed by atoms with Crippen LogP contribution in [0.25, 0.3) is 0 Å². The van der Waals surface area contributed by atoms with Gasteiger partial charge in [-0.25, -0.2) is 0 Å². The second-order valence-corrected chi connectivity index (χ2v) is 7.14. The van der Waals surface area contributed by atoms with E-state index in [1.165, 1.54) is 5.69 Å². The molecule has 8 heteroatoms. The van der Waals surface area contributed by atoms with Crippen LogP contribution in [-0.2, 0) is 0 Å². The second kappa shape index (κ2) is 8.41. The van der Waals surface area contributed by atoms with E-state index in [1.54, 1.807) is 6.20 Å². The van der Waals surface area contributed by atoms with Crippen LogP contribution in [0.5, 0.6) is 0 Å². The van der Waals surface area contributed by atoms with Gasteiger partial charge in [-0.2, -0.15) is 10.1 Å². The van der Waals surface area contributed by atoms with Gasteiger partial charge in [-0.15, -0.1) is 5.10 Å². The molecule has 0 bridgehead atoms. The molecule has 2 heterocycles. The van der Waals surface area contributed by atoms with Gasteiger partial charge >= 0.3 is 0 Å². The molecule has 0 radical (unpaired) electrons. The molecule has 0 aliphatic carbocycles. The van der Waals surface area contributed by atoms with Crippen molar-refractivity contribution in [3.05, 3.63) is 59.8 Å². The van der Waals surface area contributed by atoms with E-state index >= 15 is 0 Å². The molecule has 0 spiro atoms. The minimum absolute atomic E-state index is 0.421. The molecular formula is C20H22ClN7. The Labute approximate surface area is 169 Å². The standard InChI is InChI=1S/C20H22ClN7/c1-27-10-12-28(13-11-27)16-8-6-15(7-9-16)23-20-25-19(14-22-26-20)24-18-5-3-2-4-17(18)21/h2-9,14H,10-13H2,1H3,(H2,23,24,25,26). The van der Waals surface area contributed by atoms with Gasteiger partial charge in [0, 0.05) is 37.6 Å². The van der Waals surface area contributed by atoms with Crippen molar-refractivity contribution in [2.45, 2.75) is 0 Å². The van der Waals surface area contributed by atoms with Gasteiger partial charge in [-0.05, 0) is 43.4 Å². The summed E-state index contributed by atoms with van der Waals surface area (Å²) in [5.74, 6) is 0.990. The molecule has 28 heavy (non-hydrogen) atoms. The van der Waals surface area contributed by atoms with E-state index in [-0.39, 0.29) is 0 Å². The monoisotopic (exact) mass is 395 g/mol. The highest BCUT2D eigenvalue weighted by Gasteiger charge is 2.14. The van der Waals surface area contributed by atoms with E-state index in [0.29, 0.717) is 16.8 Å². The van der Waals surface area contributed by atoms with Crippen LogP contribution in [0, 0.1) is 0 Å². The maximum Gasteiger partial charge on any atom is 0.249 e. The molecule has 0 unspecified atom stereocenters. The van der Waals surface area contributed by atoms with Crippen molar-refractivity contribution in [2.75, 3.05) is 48.8 Å². The highest BCUT2D eigenvalue weighted by atomic mass is 35.5. The Morgan fingerprint density at radius 3 is 2.43 bits per heavy atom. The third kappa shape index (κ3) is 4.49. The van der Waals surface area contributed by atoms with Crippen molar-refractivity contribution in [1.82, 2.24) is 20.1 Å². The Hall–Kier alpha value is -2.90. The normalized spacial score (nSPS) is 14.7. The molecule has 4 rings (SSSR count). The van der Waals surface area contributed by atoms with Crippen molar-refractivity contribution >= 4 is 40.4 Å². The van der Waals surface area contributed by atoms with Gasteiger partial charge in [-0.1, -0.05) is 23.7 Å². The number of halogens is 1. The fourth-order valence-electron chi connectivity index (χ4n) is 3.07. The van der Waals surface area contributed by atoms with Crippen molar-refractivity contribution < 1.29 is 0 Å². The molecule has 0 atom stereocenters. The Balaban J connectivity index is 1.42. The van der Waals surface area contributed by atoms with Crippen molar-refractivity contribution in [2.24, 2.45) is 0 Å². The minimum atomic E-state index is 0.421. The van der Waals surface area contributed by atoms with Gasteiger partial charge in [0.25, 0.3) is 0 Å². The van der Waals surface area contributed by atoms with Gasteiger partial charge in [0.1, 0.15) is 0 Å². The van der Waals surface area contributed by atoms with Crippen LogP contribution in [0.2, 0.25) is 5.02 Å². The number of nitrogens with one attached hydrogen (secondary N) is 2. The van der Waals surface area contributed by atoms with E-state index in [9.17, 15) is 0 Å². The molecule has 1 aromatic heterocycles. The van der Waals surface area contributed by atoms with E-state index in [4.69, 9.17) is 11.6 Å². The number of anilines is 5. The molecule has 1 aliphatic rings. The predicted octanol–water partition coefficient (Wildman–Crippen LogP) is 3.76. The largest absolute Gasteiger partial charge is 0.369 e. The van der Waals surface area contributed by atoms with E-state index in [1.807, 2.05) is 36.4 Å². The third-order valence-corrected chi connectivity index (χ3v) is 5.02. The summed E-state index contributed by atoms with van der Waals surface area (Å²) < 4.78 is 0. The Morgan fingerprint density at radius 2 is 1.68 bits per heavy atom. The van der Waals surface area contributed by atoms with Crippen LogP contribution in [-0.4, -0.2) is 53.3 Å². The van der Waals surface area contributed by atoms with Crippen molar-refractivity contribution in [3.63, 3.8) is 0 Å². The number of hydrogen-bond donors (Lipinski definition) is 2. The molecule has 3 aromatic rings. The highest BCUT2D eigenvalue weighted by Crippen LogP contribution is 2.24. The maximum absolute atomic E-state index is 6.18. The van der Waals surface area contributed by atoms with Crippen molar-refractivity contribution in [3.8, 4) is 0 Å². The summed E-state index contributed by atoms with van der Waals surface area (Å²) in [5, 5.41) is 15.0. The average Bonchev–Trinajstić information content (AvgIpc) is 2.71. The molecule has 2 aromatic carbocycles. The first-order valence-electron chi connectivity index (χ1n) is 9.19. The van der Waals surface area contributed by atoms with Gasteiger partial charge in [0.15, 0.2) is 5.82 Å². The average molecular weight is 396 g/mol. The number of aromatic nitrogens is 3. The van der Waals surface area contributed by atoms with E-state index in [2.05, 4.69) is 54.8 Å². The first-order chi connectivity index (χ1) is 13.7. The van der Waals surface area contributed by atoms with Gasteiger partial charge in [0.2, 0.25) is 5.95 Å². The number of likely N-dealkylation sites (N-methyl/N-ethyl adjacent to an activating group) is 1. The first-order valence-corrected chi connectivity index (χ1v) is 9.57. The number of nitrogens with zero attached hydrogens (tertiary/aromatic N) is 5. The van der Waals surface area contributed by atoms with Crippen LogP contribution in [0.3, 0.4) is 0 Å². The highest BCUT2D eigenvalue weighted by molar-refractivity contribution is 6.33. The molecule has 0 amide bonds. The lowest BCUT2D eigenvalue weighted by molar-refractivity contribution is 0.313. The molecular weight excluding hydrogens is 374 g/mol. The van der Waals surface area contributed by atoms with Crippen molar-refractivity contribution in [1.29, 1.82) is 0 Å². The molecule has 1 saturated heterocycles. The molecule has 2 N–H and O–H groups in total. The Kier molecular flexibility index (Phi) is 5.55. The molecule has 1 fully saturated rings. The fourth-order valence-corrected chi connectivity index (χ4v) is 3.25. The van der Waals surface area contributed by atoms with E-state index < -0.39 is 0 Å². The summed E-state index contributed by atoms with van der Waals surface area (Å²) in [4.78, 5) is 9.20. The fraction of sp³-hybridized carbons (Fsp3) is 0.250. The Morgan fingerprint density at radius 1 is 0.929 bits per heavy atom. The van der Waals surface area contributed by atoms with Gasteiger partial charge < -0.3 is 20.4 Å². The van der Waals surface area contributed by atoms with Crippen LogP contribution < -0.4 is 15.5 Å². The smallest absolute Gasteiger partial charge is 0.249 e.